The average Bonchev–Trinajstić information content (AvgIpc) is 3.38. The molecule has 2 atom stereocenters. The number of amides is 1. The predicted octanol–water partition coefficient (Wildman–Crippen LogP) is 20.6. The zero-order valence-electron chi connectivity index (χ0n) is 48.7. The molecule has 0 aromatic heterocycles. The highest BCUT2D eigenvalue weighted by Gasteiger charge is 2.20. The van der Waals surface area contributed by atoms with Gasteiger partial charge in [-0.25, -0.2) is 0 Å². The van der Waals surface area contributed by atoms with Gasteiger partial charge in [-0.1, -0.05) is 295 Å². The van der Waals surface area contributed by atoms with Gasteiger partial charge in [-0.15, -0.1) is 0 Å². The van der Waals surface area contributed by atoms with E-state index in [9.17, 15) is 19.8 Å². The first-order chi connectivity index (χ1) is 35.5. The Morgan fingerprint density at radius 3 is 0.986 bits per heavy atom. The summed E-state index contributed by atoms with van der Waals surface area (Å²) in [6, 6.07) is -0.541. The van der Waals surface area contributed by atoms with E-state index in [-0.39, 0.29) is 18.5 Å². The second-order valence-corrected chi connectivity index (χ2v) is 22.4. The van der Waals surface area contributed by atoms with Crippen LogP contribution in [0.5, 0.6) is 0 Å². The van der Waals surface area contributed by atoms with Gasteiger partial charge in [0.25, 0.3) is 0 Å². The number of ether oxygens (including phenoxy) is 1. The molecule has 0 aromatic carbocycles. The van der Waals surface area contributed by atoms with Crippen molar-refractivity contribution in [3.8, 4) is 0 Å². The highest BCUT2D eigenvalue weighted by molar-refractivity contribution is 5.76. The first-order valence-electron chi connectivity index (χ1n) is 32.6. The highest BCUT2D eigenvalue weighted by Crippen LogP contribution is 2.18. The summed E-state index contributed by atoms with van der Waals surface area (Å²) in [4.78, 5) is 24.5. The molecule has 1 amide bonds. The molecule has 0 saturated heterocycles. The van der Waals surface area contributed by atoms with Crippen LogP contribution in [0.2, 0.25) is 0 Å². The zero-order chi connectivity index (χ0) is 52.2. The van der Waals surface area contributed by atoms with Crippen molar-refractivity contribution in [2.45, 2.75) is 373 Å². The molecule has 0 aliphatic carbocycles. The minimum atomic E-state index is -0.664. The van der Waals surface area contributed by atoms with Crippen molar-refractivity contribution in [1.82, 2.24) is 5.32 Å². The number of hydrogen-bond donors (Lipinski definition) is 3. The van der Waals surface area contributed by atoms with Crippen molar-refractivity contribution in [2.24, 2.45) is 0 Å². The molecule has 3 N–H and O–H groups in total. The molecule has 0 aliphatic heterocycles. The summed E-state index contributed by atoms with van der Waals surface area (Å²) in [5.41, 5.74) is 0. The van der Waals surface area contributed by atoms with E-state index in [1.54, 1.807) is 0 Å². The molecule has 0 heterocycles. The first kappa shape index (κ1) is 70.3. The van der Waals surface area contributed by atoms with Crippen molar-refractivity contribution in [2.75, 3.05) is 13.2 Å². The smallest absolute Gasteiger partial charge is 0.305 e. The van der Waals surface area contributed by atoms with Gasteiger partial charge < -0.3 is 20.3 Å². The Bertz CT molecular complexity index is 1120. The number of esters is 1. The molecular weight excluding hydrogens is 887 g/mol. The van der Waals surface area contributed by atoms with Crippen molar-refractivity contribution in [3.05, 3.63) is 24.3 Å². The third-order valence-corrected chi connectivity index (χ3v) is 15.2. The van der Waals surface area contributed by atoms with Crippen LogP contribution in [0, 0.1) is 0 Å². The minimum absolute atomic E-state index is 0.0118. The van der Waals surface area contributed by atoms with Crippen molar-refractivity contribution < 1.29 is 24.5 Å². The van der Waals surface area contributed by atoms with Crippen LogP contribution in [0.15, 0.2) is 24.3 Å². The van der Waals surface area contributed by atoms with Crippen LogP contribution in [0.3, 0.4) is 0 Å². The van der Waals surface area contributed by atoms with E-state index in [4.69, 9.17) is 4.74 Å². The molecule has 72 heavy (non-hydrogen) atoms. The molecular formula is C66H127NO5. The summed E-state index contributed by atoms with van der Waals surface area (Å²) < 4.78 is 5.50. The monoisotopic (exact) mass is 1010 g/mol. The number of aliphatic hydroxyl groups excluding tert-OH is 2. The van der Waals surface area contributed by atoms with Gasteiger partial charge in [0.05, 0.1) is 25.4 Å². The molecule has 2 unspecified atom stereocenters. The van der Waals surface area contributed by atoms with E-state index in [0.29, 0.717) is 25.9 Å². The predicted molar refractivity (Wildman–Crippen MR) is 315 cm³/mol. The highest BCUT2D eigenvalue weighted by atomic mass is 16.5. The summed E-state index contributed by atoms with van der Waals surface area (Å²) in [6.07, 6.45) is 76.4. The number of nitrogens with one attached hydrogen (secondary N) is 1. The van der Waals surface area contributed by atoms with Gasteiger partial charge in [0, 0.05) is 12.8 Å². The molecule has 0 rings (SSSR count). The average molecular weight is 1010 g/mol. The Morgan fingerprint density at radius 1 is 0.375 bits per heavy atom. The topological polar surface area (TPSA) is 95.9 Å². The lowest BCUT2D eigenvalue weighted by atomic mass is 10.0. The van der Waals surface area contributed by atoms with Crippen molar-refractivity contribution >= 4 is 11.9 Å². The third kappa shape index (κ3) is 57.6. The summed E-state index contributed by atoms with van der Waals surface area (Å²) in [7, 11) is 0. The number of unbranched alkanes of at least 4 members (excludes halogenated alkanes) is 46. The Labute approximate surface area is 450 Å². The summed E-state index contributed by atoms with van der Waals surface area (Å²) in [6.45, 7) is 4.96. The molecule has 0 radical (unpaired) electrons. The summed E-state index contributed by atoms with van der Waals surface area (Å²) in [5, 5.41) is 23.2. The SMILES string of the molecule is CCCCCCCCC/C=C\CCCCCCCCCC(=O)OCCCCCCCCCCCCCC/C=C\CCCCCCCCCCCCC(=O)NC(CO)C(O)CCCCCCCCCCCCC. The molecule has 0 saturated carbocycles. The maximum absolute atomic E-state index is 12.4. The maximum atomic E-state index is 12.4. The molecule has 0 aliphatic rings. The number of carbonyl (C=O) groups excluding carboxylic acids is 2. The zero-order valence-corrected chi connectivity index (χ0v) is 48.7. The van der Waals surface area contributed by atoms with Crippen LogP contribution in [0.4, 0.5) is 0 Å². The molecule has 0 fully saturated rings. The van der Waals surface area contributed by atoms with Gasteiger partial charge in [-0.2, -0.15) is 0 Å². The van der Waals surface area contributed by atoms with Gasteiger partial charge in [0.15, 0.2) is 0 Å². The fourth-order valence-corrected chi connectivity index (χ4v) is 10.2. The van der Waals surface area contributed by atoms with Crippen LogP contribution in [-0.2, 0) is 14.3 Å². The standard InChI is InChI=1S/C66H127NO5/c1-3-5-7-9-11-13-15-16-17-18-30-33-36-40-44-48-52-56-60-66(71)72-61-57-53-49-45-41-37-34-31-28-26-24-22-20-19-21-23-25-27-29-32-35-39-43-47-51-55-59-65(70)67-63(62-68)64(69)58-54-50-46-42-38-14-12-10-8-6-4-2/h17-19,21,63-64,68-69H,3-16,20,22-62H2,1-2H3,(H,67,70)/b18-17-,21-19-. The number of carbonyl (C=O) groups is 2. The Balaban J connectivity index is 3.36. The van der Waals surface area contributed by atoms with E-state index < -0.39 is 12.1 Å². The van der Waals surface area contributed by atoms with Gasteiger partial charge >= 0.3 is 5.97 Å². The Kier molecular flexibility index (Phi) is 60.5. The van der Waals surface area contributed by atoms with Crippen LogP contribution < -0.4 is 5.32 Å². The normalized spacial score (nSPS) is 12.7. The summed E-state index contributed by atoms with van der Waals surface area (Å²) in [5.74, 6) is -0.0248. The lowest BCUT2D eigenvalue weighted by Crippen LogP contribution is -2.45. The fraction of sp³-hybridized carbons (Fsp3) is 0.909. The van der Waals surface area contributed by atoms with Crippen LogP contribution in [0.25, 0.3) is 0 Å². The van der Waals surface area contributed by atoms with Gasteiger partial charge in [-0.05, 0) is 77.0 Å². The lowest BCUT2D eigenvalue weighted by Gasteiger charge is -2.22. The van der Waals surface area contributed by atoms with E-state index in [0.717, 1.165) is 44.9 Å². The number of hydrogen-bond acceptors (Lipinski definition) is 5. The van der Waals surface area contributed by atoms with Gasteiger partial charge in [-0.3, -0.25) is 9.59 Å². The second-order valence-electron chi connectivity index (χ2n) is 22.4. The Morgan fingerprint density at radius 2 is 0.653 bits per heavy atom. The van der Waals surface area contributed by atoms with Crippen LogP contribution in [0.1, 0.15) is 361 Å². The quantitative estimate of drug-likeness (QED) is 0.0320. The van der Waals surface area contributed by atoms with Crippen molar-refractivity contribution in [1.29, 1.82) is 0 Å². The fourth-order valence-electron chi connectivity index (χ4n) is 10.2. The first-order valence-corrected chi connectivity index (χ1v) is 32.6. The molecule has 0 bridgehead atoms. The number of rotatable bonds is 61. The van der Waals surface area contributed by atoms with Crippen molar-refractivity contribution in [3.63, 3.8) is 0 Å². The molecule has 426 valence electrons. The lowest BCUT2D eigenvalue weighted by molar-refractivity contribution is -0.143. The number of aliphatic hydroxyl groups is 2. The van der Waals surface area contributed by atoms with E-state index >= 15 is 0 Å². The molecule has 6 nitrogen and oxygen atoms in total. The van der Waals surface area contributed by atoms with E-state index in [2.05, 4.69) is 43.5 Å². The summed E-state index contributed by atoms with van der Waals surface area (Å²) >= 11 is 0. The van der Waals surface area contributed by atoms with Gasteiger partial charge in [0.1, 0.15) is 0 Å². The molecule has 0 spiro atoms. The number of allylic oxidation sites excluding steroid dienone is 4. The van der Waals surface area contributed by atoms with E-state index in [1.807, 2.05) is 0 Å². The maximum Gasteiger partial charge on any atom is 0.305 e. The Hall–Kier alpha value is -1.66. The van der Waals surface area contributed by atoms with E-state index in [1.165, 1.54) is 283 Å². The van der Waals surface area contributed by atoms with Crippen LogP contribution >= 0.6 is 0 Å². The molecule has 6 heteroatoms. The largest absolute Gasteiger partial charge is 0.466 e. The van der Waals surface area contributed by atoms with Crippen LogP contribution in [-0.4, -0.2) is 47.4 Å². The van der Waals surface area contributed by atoms with Gasteiger partial charge in [0.2, 0.25) is 5.91 Å². The third-order valence-electron chi connectivity index (χ3n) is 15.2. The molecule has 0 aromatic rings. The minimum Gasteiger partial charge on any atom is -0.466 e. The second kappa shape index (κ2) is 61.9.